The van der Waals surface area contributed by atoms with Crippen LogP contribution in [0.25, 0.3) is 0 Å². The maximum atomic E-state index is 11.4. The molecule has 2 atom stereocenters. The summed E-state index contributed by atoms with van der Waals surface area (Å²) in [4.78, 5) is 11.4. The van der Waals surface area contributed by atoms with Crippen molar-refractivity contribution < 1.29 is 9.53 Å². The summed E-state index contributed by atoms with van der Waals surface area (Å²) in [5.41, 5.74) is 9.62. The molecule has 21 heavy (non-hydrogen) atoms. The van der Waals surface area contributed by atoms with Gasteiger partial charge < -0.3 is 15.8 Å². The van der Waals surface area contributed by atoms with E-state index in [1.54, 1.807) is 6.92 Å². The maximum absolute atomic E-state index is 11.4. The molecule has 4 heteroatoms. The Balaban J connectivity index is 2.50. The molecule has 116 valence electrons. The Morgan fingerprint density at radius 3 is 2.67 bits per heavy atom. The number of hydrogen-bond donors (Lipinski definition) is 2. The van der Waals surface area contributed by atoms with E-state index >= 15 is 0 Å². The van der Waals surface area contributed by atoms with Gasteiger partial charge >= 0.3 is 0 Å². The Morgan fingerprint density at radius 2 is 2.10 bits per heavy atom. The molecule has 3 N–H and O–H groups in total. The van der Waals surface area contributed by atoms with Gasteiger partial charge in [-0.25, -0.2) is 0 Å². The van der Waals surface area contributed by atoms with E-state index in [2.05, 4.69) is 45.1 Å². The van der Waals surface area contributed by atoms with E-state index in [4.69, 9.17) is 10.5 Å². The minimum Gasteiger partial charge on any atom is -0.493 e. The number of fused-ring (bicyclic) bond motifs is 1. The number of hydrogen-bond acceptors (Lipinski definition) is 3. The Labute approximate surface area is 127 Å². The minimum absolute atomic E-state index is 0.0112. The molecule has 1 amide bonds. The van der Waals surface area contributed by atoms with Gasteiger partial charge in [-0.05, 0) is 12.3 Å². The summed E-state index contributed by atoms with van der Waals surface area (Å²) in [6.07, 6.45) is 0.792. The van der Waals surface area contributed by atoms with Crippen molar-refractivity contribution >= 4 is 5.91 Å². The minimum atomic E-state index is -0.109. The fourth-order valence-electron chi connectivity index (χ4n) is 2.78. The molecular formula is C17H26N2O2. The van der Waals surface area contributed by atoms with Crippen molar-refractivity contribution in [1.82, 2.24) is 5.32 Å². The first-order valence-corrected chi connectivity index (χ1v) is 7.50. The van der Waals surface area contributed by atoms with E-state index in [1.165, 1.54) is 0 Å². The highest BCUT2D eigenvalue weighted by Crippen LogP contribution is 2.42. The normalized spacial score (nSPS) is 19.4. The Kier molecular flexibility index (Phi) is 4.28. The number of aryl methyl sites for hydroxylation is 1. The lowest BCUT2D eigenvalue weighted by Crippen LogP contribution is -2.32. The average Bonchev–Trinajstić information content (AvgIpc) is 2.36. The summed E-state index contributed by atoms with van der Waals surface area (Å²) < 4.78 is 5.91. The van der Waals surface area contributed by atoms with Crippen molar-refractivity contribution in [2.75, 3.05) is 6.61 Å². The van der Waals surface area contributed by atoms with Gasteiger partial charge in [0.2, 0.25) is 5.91 Å². The molecule has 0 aromatic heterocycles. The van der Waals surface area contributed by atoms with Gasteiger partial charge in [0.1, 0.15) is 5.75 Å². The van der Waals surface area contributed by atoms with Crippen LogP contribution in [0.15, 0.2) is 12.1 Å². The predicted molar refractivity (Wildman–Crippen MR) is 84.2 cm³/mol. The highest BCUT2D eigenvalue weighted by Gasteiger charge is 2.31. The number of carbonyl (C=O) groups excluding carboxylic acids is 1. The zero-order chi connectivity index (χ0) is 15.8. The van der Waals surface area contributed by atoms with Crippen LogP contribution in [0.1, 0.15) is 62.9 Å². The molecule has 1 aromatic rings. The topological polar surface area (TPSA) is 64.3 Å². The third-order valence-electron chi connectivity index (χ3n) is 3.96. The van der Waals surface area contributed by atoms with E-state index in [0.717, 1.165) is 28.9 Å². The Morgan fingerprint density at radius 1 is 1.43 bits per heavy atom. The van der Waals surface area contributed by atoms with Crippen LogP contribution < -0.4 is 15.8 Å². The molecule has 0 spiro atoms. The van der Waals surface area contributed by atoms with Crippen molar-refractivity contribution in [3.8, 4) is 5.75 Å². The van der Waals surface area contributed by atoms with E-state index in [-0.39, 0.29) is 23.4 Å². The van der Waals surface area contributed by atoms with Crippen molar-refractivity contribution in [2.24, 2.45) is 11.1 Å². The van der Waals surface area contributed by atoms with E-state index in [0.29, 0.717) is 6.61 Å². The van der Waals surface area contributed by atoms with E-state index < -0.39 is 0 Å². The Bertz CT molecular complexity index is 546. The van der Waals surface area contributed by atoms with Crippen LogP contribution in [-0.2, 0) is 4.79 Å². The van der Waals surface area contributed by atoms with Crippen LogP contribution in [-0.4, -0.2) is 12.5 Å². The highest BCUT2D eigenvalue weighted by atomic mass is 16.5. The number of carbonyl (C=O) groups is 1. The van der Waals surface area contributed by atoms with Crippen molar-refractivity contribution in [3.63, 3.8) is 0 Å². The maximum Gasteiger partial charge on any atom is 0.217 e. The van der Waals surface area contributed by atoms with Gasteiger partial charge in [-0.3, -0.25) is 4.79 Å². The van der Waals surface area contributed by atoms with Crippen LogP contribution in [0.4, 0.5) is 0 Å². The molecule has 0 saturated carbocycles. The predicted octanol–water partition coefficient (Wildman–Crippen LogP) is 3.00. The molecule has 1 aliphatic heterocycles. The summed E-state index contributed by atoms with van der Waals surface area (Å²) in [6.45, 7) is 10.6. The monoisotopic (exact) mass is 290 g/mol. The first-order valence-electron chi connectivity index (χ1n) is 7.50. The zero-order valence-electron chi connectivity index (χ0n) is 13.6. The van der Waals surface area contributed by atoms with Gasteiger partial charge in [0.25, 0.3) is 0 Å². The van der Waals surface area contributed by atoms with Gasteiger partial charge in [-0.15, -0.1) is 0 Å². The molecule has 0 aliphatic carbocycles. The molecule has 2 unspecified atom stereocenters. The molecule has 0 saturated heterocycles. The van der Waals surface area contributed by atoms with Crippen molar-refractivity contribution in [3.05, 3.63) is 28.8 Å². The standard InChI is InChI=1S/C17H26N2O2/c1-10-8-12-14(19-11(2)20)6-7-21-15(12)13(9-10)16(18)17(3,4)5/h8-9,14,16H,6-7,18H2,1-5H3,(H,19,20). The Hall–Kier alpha value is -1.55. The van der Waals surface area contributed by atoms with Crippen LogP contribution >= 0.6 is 0 Å². The largest absolute Gasteiger partial charge is 0.493 e. The summed E-state index contributed by atoms with van der Waals surface area (Å²) >= 11 is 0. The van der Waals surface area contributed by atoms with Gasteiger partial charge in [-0.2, -0.15) is 0 Å². The van der Waals surface area contributed by atoms with Gasteiger partial charge in [-0.1, -0.05) is 38.5 Å². The molecule has 4 nitrogen and oxygen atoms in total. The molecule has 1 heterocycles. The number of ether oxygens (including phenoxy) is 1. The molecule has 0 fully saturated rings. The second-order valence-corrected chi connectivity index (χ2v) is 7.01. The van der Waals surface area contributed by atoms with Gasteiger partial charge in [0.15, 0.2) is 0 Å². The van der Waals surface area contributed by atoms with Crippen molar-refractivity contribution in [1.29, 1.82) is 0 Å². The SMILES string of the molecule is CC(=O)NC1CCOc2c1cc(C)cc2C(N)C(C)(C)C. The van der Waals surface area contributed by atoms with Crippen LogP contribution in [0.3, 0.4) is 0 Å². The number of rotatable bonds is 2. The van der Waals surface area contributed by atoms with Crippen LogP contribution in [0, 0.1) is 12.3 Å². The summed E-state index contributed by atoms with van der Waals surface area (Å²) in [7, 11) is 0. The van der Waals surface area contributed by atoms with Crippen LogP contribution in [0.2, 0.25) is 0 Å². The number of nitrogens with two attached hydrogens (primary N) is 1. The highest BCUT2D eigenvalue weighted by molar-refractivity contribution is 5.73. The van der Waals surface area contributed by atoms with Crippen LogP contribution in [0.5, 0.6) is 5.75 Å². The second-order valence-electron chi connectivity index (χ2n) is 7.01. The summed E-state index contributed by atoms with van der Waals surface area (Å²) in [5.74, 6) is 0.837. The third-order valence-corrected chi connectivity index (χ3v) is 3.96. The number of nitrogens with one attached hydrogen (secondary N) is 1. The third kappa shape index (κ3) is 3.38. The molecule has 2 rings (SSSR count). The van der Waals surface area contributed by atoms with Gasteiger partial charge in [0, 0.05) is 30.5 Å². The molecule has 0 bridgehead atoms. The molecular weight excluding hydrogens is 264 g/mol. The summed E-state index contributed by atoms with van der Waals surface area (Å²) in [5, 5.41) is 3.01. The fourth-order valence-corrected chi connectivity index (χ4v) is 2.78. The first-order chi connectivity index (χ1) is 9.70. The smallest absolute Gasteiger partial charge is 0.217 e. The van der Waals surface area contributed by atoms with E-state index in [1.807, 2.05) is 0 Å². The zero-order valence-corrected chi connectivity index (χ0v) is 13.6. The number of benzene rings is 1. The molecule has 0 radical (unpaired) electrons. The molecule has 1 aliphatic rings. The van der Waals surface area contributed by atoms with E-state index in [9.17, 15) is 4.79 Å². The lowest BCUT2D eigenvalue weighted by Gasteiger charge is -2.34. The lowest BCUT2D eigenvalue weighted by atomic mass is 9.80. The first kappa shape index (κ1) is 15.8. The molecule has 1 aromatic carbocycles. The van der Waals surface area contributed by atoms with Crippen molar-refractivity contribution in [2.45, 2.75) is 53.1 Å². The summed E-state index contributed by atoms with van der Waals surface area (Å²) in [6, 6.07) is 4.10. The quantitative estimate of drug-likeness (QED) is 0.880. The second kappa shape index (κ2) is 5.68. The average molecular weight is 290 g/mol. The fraction of sp³-hybridized carbons (Fsp3) is 0.588. The van der Waals surface area contributed by atoms with Gasteiger partial charge in [0.05, 0.1) is 12.6 Å². The number of amides is 1. The lowest BCUT2D eigenvalue weighted by molar-refractivity contribution is -0.119.